The number of rotatable bonds is 5. The van der Waals surface area contributed by atoms with Gasteiger partial charge < -0.3 is 10.1 Å². The van der Waals surface area contributed by atoms with E-state index in [1.165, 1.54) is 0 Å². The Labute approximate surface area is 180 Å². The van der Waals surface area contributed by atoms with E-state index in [1.54, 1.807) is 0 Å². The highest BCUT2D eigenvalue weighted by Gasteiger charge is 2.41. The Kier molecular flexibility index (Phi) is 6.84. The standard InChI is InChI=1S/C20H22F6N4O2/c1-12-10-29(11-13(2)32-12)7-6-27-18(31)16-9-28-30(17(16)20(24,25)26)15-5-3-4-14(8-15)19(21,22)23/h3-5,8-9,12-13H,6-7,10-11H2,1-2H3,(H,27,31). The molecule has 2 unspecified atom stereocenters. The average molecular weight is 464 g/mol. The fourth-order valence-electron chi connectivity index (χ4n) is 3.69. The van der Waals surface area contributed by atoms with Crippen LogP contribution in [0.25, 0.3) is 5.69 Å². The molecule has 2 atom stereocenters. The summed E-state index contributed by atoms with van der Waals surface area (Å²) in [5, 5.41) is 5.99. The number of hydrogen-bond acceptors (Lipinski definition) is 4. The highest BCUT2D eigenvalue weighted by Crippen LogP contribution is 2.35. The molecule has 0 saturated carbocycles. The molecule has 12 heteroatoms. The van der Waals surface area contributed by atoms with E-state index in [9.17, 15) is 31.1 Å². The fraction of sp³-hybridized carbons (Fsp3) is 0.500. The maximum absolute atomic E-state index is 13.7. The summed E-state index contributed by atoms with van der Waals surface area (Å²) in [5.41, 5.74) is -3.79. The number of nitrogens with one attached hydrogen (secondary N) is 1. The van der Waals surface area contributed by atoms with Gasteiger partial charge in [0.2, 0.25) is 0 Å². The highest BCUT2D eigenvalue weighted by molar-refractivity contribution is 5.95. The SMILES string of the molecule is CC1CN(CCNC(=O)c2cnn(-c3cccc(C(F)(F)F)c3)c2C(F)(F)F)CC(C)O1. The Hall–Kier alpha value is -2.60. The molecule has 0 bridgehead atoms. The molecule has 176 valence electrons. The molecule has 2 heterocycles. The van der Waals surface area contributed by atoms with Crippen LogP contribution in [0.15, 0.2) is 30.5 Å². The lowest BCUT2D eigenvalue weighted by Crippen LogP contribution is -2.47. The Balaban J connectivity index is 1.79. The van der Waals surface area contributed by atoms with Crippen molar-refractivity contribution in [2.75, 3.05) is 26.2 Å². The number of morpholine rings is 1. The number of amides is 1. The van der Waals surface area contributed by atoms with Crippen molar-refractivity contribution in [1.29, 1.82) is 0 Å². The third-order valence-corrected chi connectivity index (χ3v) is 4.91. The minimum atomic E-state index is -5.02. The van der Waals surface area contributed by atoms with Crippen LogP contribution >= 0.6 is 0 Å². The summed E-state index contributed by atoms with van der Waals surface area (Å²) < 4.78 is 86.0. The summed E-state index contributed by atoms with van der Waals surface area (Å²) in [6, 6.07) is 3.32. The Morgan fingerprint density at radius 2 is 1.78 bits per heavy atom. The van der Waals surface area contributed by atoms with Gasteiger partial charge in [0.1, 0.15) is 0 Å². The van der Waals surface area contributed by atoms with Crippen molar-refractivity contribution in [1.82, 2.24) is 20.0 Å². The van der Waals surface area contributed by atoms with Crippen LogP contribution in [0.1, 0.15) is 35.5 Å². The molecule has 1 aliphatic rings. The molecule has 2 aromatic rings. The van der Waals surface area contributed by atoms with Crippen LogP contribution in [-0.2, 0) is 17.1 Å². The van der Waals surface area contributed by atoms with Gasteiger partial charge >= 0.3 is 12.4 Å². The molecule has 0 spiro atoms. The minimum absolute atomic E-state index is 0.00280. The summed E-state index contributed by atoms with van der Waals surface area (Å²) in [6.07, 6.45) is -9.06. The summed E-state index contributed by atoms with van der Waals surface area (Å²) in [6.45, 7) is 5.55. The molecule has 6 nitrogen and oxygen atoms in total. The number of halogens is 6. The van der Waals surface area contributed by atoms with Crippen molar-refractivity contribution in [3.8, 4) is 5.69 Å². The highest BCUT2D eigenvalue weighted by atomic mass is 19.4. The first kappa shape index (κ1) is 24.1. The number of benzene rings is 1. The van der Waals surface area contributed by atoms with Crippen molar-refractivity contribution < 1.29 is 35.9 Å². The monoisotopic (exact) mass is 464 g/mol. The second kappa shape index (κ2) is 9.10. The van der Waals surface area contributed by atoms with Crippen molar-refractivity contribution in [2.45, 2.75) is 38.4 Å². The minimum Gasteiger partial charge on any atom is -0.373 e. The zero-order valence-corrected chi connectivity index (χ0v) is 17.3. The summed E-state index contributed by atoms with van der Waals surface area (Å²) in [4.78, 5) is 14.5. The second-order valence-corrected chi connectivity index (χ2v) is 7.64. The lowest BCUT2D eigenvalue weighted by atomic mass is 10.1. The van der Waals surface area contributed by atoms with Crippen LogP contribution in [0.5, 0.6) is 0 Å². The molecule has 1 N–H and O–H groups in total. The largest absolute Gasteiger partial charge is 0.434 e. The number of nitrogens with zero attached hydrogens (tertiary/aromatic N) is 3. The van der Waals surface area contributed by atoms with Gasteiger partial charge in [0.15, 0.2) is 5.69 Å². The average Bonchev–Trinajstić information content (AvgIpc) is 3.12. The smallest absolute Gasteiger partial charge is 0.373 e. The zero-order chi connectivity index (χ0) is 23.7. The Bertz CT molecular complexity index is 946. The number of carbonyl (C=O) groups excluding carboxylic acids is 1. The van der Waals surface area contributed by atoms with Crippen LogP contribution in [0, 0.1) is 0 Å². The quantitative estimate of drug-likeness (QED) is 0.685. The molecular weight excluding hydrogens is 442 g/mol. The van der Waals surface area contributed by atoms with Gasteiger partial charge in [-0.3, -0.25) is 9.69 Å². The second-order valence-electron chi connectivity index (χ2n) is 7.64. The number of alkyl halides is 6. The predicted octanol–water partition coefficient (Wildman–Crippen LogP) is 3.75. The van der Waals surface area contributed by atoms with Gasteiger partial charge in [0.25, 0.3) is 5.91 Å². The van der Waals surface area contributed by atoms with Gasteiger partial charge in [-0.15, -0.1) is 0 Å². The van der Waals surface area contributed by atoms with Gasteiger partial charge in [0.05, 0.1) is 35.2 Å². The van der Waals surface area contributed by atoms with Crippen molar-refractivity contribution in [2.24, 2.45) is 0 Å². The maximum Gasteiger partial charge on any atom is 0.434 e. The first-order chi connectivity index (χ1) is 14.9. The van der Waals surface area contributed by atoms with Crippen LogP contribution in [0.2, 0.25) is 0 Å². The van der Waals surface area contributed by atoms with Gasteiger partial charge in [-0.1, -0.05) is 6.07 Å². The Morgan fingerprint density at radius 3 is 2.38 bits per heavy atom. The van der Waals surface area contributed by atoms with Crippen LogP contribution in [0.3, 0.4) is 0 Å². The maximum atomic E-state index is 13.7. The topological polar surface area (TPSA) is 59.4 Å². The lowest BCUT2D eigenvalue weighted by Gasteiger charge is -2.35. The first-order valence-corrected chi connectivity index (χ1v) is 9.85. The van der Waals surface area contributed by atoms with Crippen LogP contribution < -0.4 is 5.32 Å². The fourth-order valence-corrected chi connectivity index (χ4v) is 3.69. The van der Waals surface area contributed by atoms with Gasteiger partial charge in [0, 0.05) is 26.2 Å². The lowest BCUT2D eigenvalue weighted by molar-refractivity contribution is -0.143. The van der Waals surface area contributed by atoms with E-state index in [-0.39, 0.29) is 18.8 Å². The molecule has 1 aromatic carbocycles. The molecule has 1 amide bonds. The van der Waals surface area contributed by atoms with E-state index >= 15 is 0 Å². The van der Waals surface area contributed by atoms with Crippen molar-refractivity contribution >= 4 is 5.91 Å². The molecule has 1 aromatic heterocycles. The van der Waals surface area contributed by atoms with Gasteiger partial charge in [-0.05, 0) is 32.0 Å². The summed E-state index contributed by atoms with van der Waals surface area (Å²) in [5.74, 6) is -1.01. The molecule has 1 saturated heterocycles. The Morgan fingerprint density at radius 1 is 1.12 bits per heavy atom. The predicted molar refractivity (Wildman–Crippen MR) is 102 cm³/mol. The molecule has 3 rings (SSSR count). The van der Waals surface area contributed by atoms with Crippen molar-refractivity contribution in [3.05, 3.63) is 47.3 Å². The number of ether oxygens (including phenoxy) is 1. The number of aromatic nitrogens is 2. The van der Waals surface area contributed by atoms with Gasteiger partial charge in [-0.2, -0.15) is 31.4 Å². The van der Waals surface area contributed by atoms with E-state index in [1.807, 2.05) is 18.7 Å². The molecule has 0 radical (unpaired) electrons. The molecule has 0 aliphatic carbocycles. The normalized spacial score (nSPS) is 20.4. The zero-order valence-electron chi connectivity index (χ0n) is 17.3. The van der Waals surface area contributed by atoms with Crippen LogP contribution in [0.4, 0.5) is 26.3 Å². The van der Waals surface area contributed by atoms with E-state index in [0.29, 0.717) is 36.6 Å². The van der Waals surface area contributed by atoms with E-state index < -0.39 is 40.8 Å². The molecule has 32 heavy (non-hydrogen) atoms. The van der Waals surface area contributed by atoms with E-state index in [0.717, 1.165) is 18.2 Å². The number of hydrogen-bond donors (Lipinski definition) is 1. The van der Waals surface area contributed by atoms with Crippen LogP contribution in [-0.4, -0.2) is 59.0 Å². The van der Waals surface area contributed by atoms with Gasteiger partial charge in [-0.25, -0.2) is 4.68 Å². The van der Waals surface area contributed by atoms with E-state index in [2.05, 4.69) is 10.4 Å². The first-order valence-electron chi connectivity index (χ1n) is 9.85. The van der Waals surface area contributed by atoms with E-state index in [4.69, 9.17) is 4.74 Å². The third-order valence-electron chi connectivity index (χ3n) is 4.91. The molecular formula is C20H22F6N4O2. The summed E-state index contributed by atoms with van der Waals surface area (Å²) in [7, 11) is 0. The number of carbonyl (C=O) groups is 1. The molecule has 1 fully saturated rings. The summed E-state index contributed by atoms with van der Waals surface area (Å²) >= 11 is 0. The molecule has 1 aliphatic heterocycles. The third kappa shape index (κ3) is 5.60. The van der Waals surface area contributed by atoms with Crippen molar-refractivity contribution in [3.63, 3.8) is 0 Å².